The maximum Gasteiger partial charge on any atom is 0.231 e. The van der Waals surface area contributed by atoms with Crippen molar-refractivity contribution in [1.29, 1.82) is 0 Å². The summed E-state index contributed by atoms with van der Waals surface area (Å²) in [5, 5.41) is 0.611. The van der Waals surface area contributed by atoms with Gasteiger partial charge in [0, 0.05) is 5.54 Å². The molecule has 0 saturated heterocycles. The molecule has 0 atom stereocenters. The fourth-order valence-corrected chi connectivity index (χ4v) is 2.13. The lowest BCUT2D eigenvalue weighted by atomic mass is 10.1. The Morgan fingerprint density at radius 3 is 2.79 bits per heavy atom. The maximum absolute atomic E-state index is 6.19. The lowest BCUT2D eigenvalue weighted by Gasteiger charge is -2.12. The van der Waals surface area contributed by atoms with Crippen LogP contribution in [0.1, 0.15) is 18.4 Å². The number of nitrogens with two attached hydrogens (primary N) is 1. The maximum atomic E-state index is 6.19. The monoisotopic (exact) mass is 211 g/mol. The van der Waals surface area contributed by atoms with Gasteiger partial charge in [-0.2, -0.15) is 0 Å². The first-order valence-electron chi connectivity index (χ1n) is 4.58. The standard InChI is InChI=1S/C10H10ClNO2/c11-8-6(10(12)3-4-10)1-2-7-9(8)14-5-13-7/h1-2H,3-5,12H2. The molecule has 1 saturated carbocycles. The van der Waals surface area contributed by atoms with Gasteiger partial charge in [-0.15, -0.1) is 0 Å². The normalized spacial score (nSPS) is 21.0. The number of hydrogen-bond donors (Lipinski definition) is 1. The van der Waals surface area contributed by atoms with Crippen molar-refractivity contribution in [2.75, 3.05) is 6.79 Å². The van der Waals surface area contributed by atoms with E-state index in [4.69, 9.17) is 26.8 Å². The van der Waals surface area contributed by atoms with Gasteiger partial charge in [0.2, 0.25) is 6.79 Å². The van der Waals surface area contributed by atoms with E-state index >= 15 is 0 Å². The first kappa shape index (κ1) is 8.38. The van der Waals surface area contributed by atoms with Gasteiger partial charge in [-0.1, -0.05) is 17.7 Å². The van der Waals surface area contributed by atoms with Gasteiger partial charge in [0.25, 0.3) is 0 Å². The Morgan fingerprint density at radius 1 is 1.29 bits per heavy atom. The van der Waals surface area contributed by atoms with Gasteiger partial charge in [0.15, 0.2) is 11.5 Å². The number of benzene rings is 1. The molecule has 1 heterocycles. The lowest BCUT2D eigenvalue weighted by molar-refractivity contribution is 0.174. The molecular weight excluding hydrogens is 202 g/mol. The molecule has 0 bridgehead atoms. The Labute approximate surface area is 86.7 Å². The summed E-state index contributed by atoms with van der Waals surface area (Å²) in [6.07, 6.45) is 1.98. The molecule has 0 aromatic heterocycles. The smallest absolute Gasteiger partial charge is 0.231 e. The SMILES string of the molecule is NC1(c2ccc3c(c2Cl)OCO3)CC1. The minimum absolute atomic E-state index is 0.224. The van der Waals surface area contributed by atoms with Crippen LogP contribution < -0.4 is 15.2 Å². The molecule has 2 N–H and O–H groups in total. The summed E-state index contributed by atoms with van der Waals surface area (Å²) < 4.78 is 10.5. The summed E-state index contributed by atoms with van der Waals surface area (Å²) in [7, 11) is 0. The molecule has 3 nitrogen and oxygen atoms in total. The number of rotatable bonds is 1. The zero-order valence-electron chi connectivity index (χ0n) is 7.55. The van der Waals surface area contributed by atoms with Gasteiger partial charge >= 0.3 is 0 Å². The van der Waals surface area contributed by atoms with Crippen molar-refractivity contribution in [2.24, 2.45) is 5.73 Å². The van der Waals surface area contributed by atoms with Crippen LogP contribution in [-0.2, 0) is 5.54 Å². The van der Waals surface area contributed by atoms with Crippen molar-refractivity contribution in [3.63, 3.8) is 0 Å². The summed E-state index contributed by atoms with van der Waals surface area (Å²) in [4.78, 5) is 0. The number of hydrogen-bond acceptors (Lipinski definition) is 3. The summed E-state index contributed by atoms with van der Waals surface area (Å²) >= 11 is 6.19. The van der Waals surface area contributed by atoms with Crippen molar-refractivity contribution in [3.8, 4) is 11.5 Å². The van der Waals surface area contributed by atoms with E-state index < -0.39 is 0 Å². The first-order chi connectivity index (χ1) is 6.71. The molecule has 1 aliphatic carbocycles. The largest absolute Gasteiger partial charge is 0.454 e. The summed E-state index contributed by atoms with van der Waals surface area (Å²) in [5.41, 5.74) is 6.83. The number of halogens is 1. The molecule has 3 rings (SSSR count). The van der Waals surface area contributed by atoms with Crippen LogP contribution >= 0.6 is 11.6 Å². The van der Waals surface area contributed by atoms with E-state index in [0.717, 1.165) is 18.4 Å². The first-order valence-corrected chi connectivity index (χ1v) is 4.96. The number of fused-ring (bicyclic) bond motifs is 1. The Balaban J connectivity index is 2.15. The van der Waals surface area contributed by atoms with Crippen LogP contribution in [0.4, 0.5) is 0 Å². The second-order valence-corrected chi connectivity index (χ2v) is 4.19. The van der Waals surface area contributed by atoms with E-state index in [9.17, 15) is 0 Å². The van der Waals surface area contributed by atoms with E-state index in [1.165, 1.54) is 0 Å². The topological polar surface area (TPSA) is 44.5 Å². The van der Waals surface area contributed by atoms with Crippen molar-refractivity contribution >= 4 is 11.6 Å². The van der Waals surface area contributed by atoms with Crippen molar-refractivity contribution in [3.05, 3.63) is 22.7 Å². The van der Waals surface area contributed by atoms with Crippen molar-refractivity contribution in [1.82, 2.24) is 0 Å². The molecule has 1 aromatic carbocycles. The third-order valence-corrected chi connectivity index (χ3v) is 3.18. The molecule has 1 fully saturated rings. The molecule has 1 aliphatic heterocycles. The summed E-state index contributed by atoms with van der Waals surface area (Å²) in [6, 6.07) is 3.80. The molecular formula is C10H10ClNO2. The van der Waals surface area contributed by atoms with Gasteiger partial charge in [-0.25, -0.2) is 0 Å². The fourth-order valence-electron chi connectivity index (χ4n) is 1.73. The van der Waals surface area contributed by atoms with E-state index in [1.807, 2.05) is 12.1 Å². The number of ether oxygens (including phenoxy) is 2. The molecule has 74 valence electrons. The quantitative estimate of drug-likeness (QED) is 0.773. The van der Waals surface area contributed by atoms with Gasteiger partial charge in [-0.3, -0.25) is 0 Å². The van der Waals surface area contributed by atoms with Crippen LogP contribution in [0.3, 0.4) is 0 Å². The van der Waals surface area contributed by atoms with Crippen molar-refractivity contribution < 1.29 is 9.47 Å². The zero-order valence-corrected chi connectivity index (χ0v) is 8.30. The van der Waals surface area contributed by atoms with E-state index in [2.05, 4.69) is 0 Å². The van der Waals surface area contributed by atoms with Crippen LogP contribution in [0.15, 0.2) is 12.1 Å². The third kappa shape index (κ3) is 1.03. The van der Waals surface area contributed by atoms with Gasteiger partial charge in [0.1, 0.15) is 0 Å². The molecule has 0 amide bonds. The molecule has 0 radical (unpaired) electrons. The Kier molecular flexibility index (Phi) is 1.53. The highest BCUT2D eigenvalue weighted by Crippen LogP contribution is 2.50. The average Bonchev–Trinajstić information content (AvgIpc) is 2.75. The molecule has 0 unspecified atom stereocenters. The average molecular weight is 212 g/mol. The van der Waals surface area contributed by atoms with Crippen LogP contribution in [0.25, 0.3) is 0 Å². The zero-order chi connectivity index (χ0) is 9.76. The Bertz CT molecular complexity index is 401. The summed E-state index contributed by atoms with van der Waals surface area (Å²) in [5.74, 6) is 1.35. The van der Waals surface area contributed by atoms with Gasteiger partial charge < -0.3 is 15.2 Å². The fraction of sp³-hybridized carbons (Fsp3) is 0.400. The molecule has 2 aliphatic rings. The highest BCUT2D eigenvalue weighted by molar-refractivity contribution is 6.33. The second-order valence-electron chi connectivity index (χ2n) is 3.82. The van der Waals surface area contributed by atoms with Gasteiger partial charge in [0.05, 0.1) is 5.02 Å². The molecule has 14 heavy (non-hydrogen) atoms. The Hall–Kier alpha value is -0.930. The van der Waals surface area contributed by atoms with Gasteiger partial charge in [-0.05, 0) is 24.5 Å². The highest BCUT2D eigenvalue weighted by atomic mass is 35.5. The Morgan fingerprint density at radius 2 is 2.07 bits per heavy atom. The molecule has 1 aromatic rings. The summed E-state index contributed by atoms with van der Waals surface area (Å²) in [6.45, 7) is 0.246. The van der Waals surface area contributed by atoms with E-state index in [0.29, 0.717) is 16.5 Å². The predicted octanol–water partition coefficient (Wildman–Crippen LogP) is 2.02. The highest BCUT2D eigenvalue weighted by Gasteiger charge is 2.42. The van der Waals surface area contributed by atoms with Crippen LogP contribution in [0.5, 0.6) is 11.5 Å². The second kappa shape index (κ2) is 2.55. The molecule has 0 spiro atoms. The lowest BCUT2D eigenvalue weighted by Crippen LogP contribution is -2.19. The minimum Gasteiger partial charge on any atom is -0.454 e. The molecule has 4 heteroatoms. The van der Waals surface area contributed by atoms with E-state index in [1.54, 1.807) is 0 Å². The minimum atomic E-state index is -0.224. The third-order valence-electron chi connectivity index (χ3n) is 2.80. The predicted molar refractivity (Wildman–Crippen MR) is 52.7 cm³/mol. The van der Waals surface area contributed by atoms with E-state index in [-0.39, 0.29) is 12.3 Å². The van der Waals surface area contributed by atoms with Crippen LogP contribution in [-0.4, -0.2) is 6.79 Å². The van der Waals surface area contributed by atoms with Crippen LogP contribution in [0, 0.1) is 0 Å². The van der Waals surface area contributed by atoms with Crippen molar-refractivity contribution in [2.45, 2.75) is 18.4 Å². The van der Waals surface area contributed by atoms with Crippen LogP contribution in [0.2, 0.25) is 5.02 Å².